The van der Waals surface area contributed by atoms with Crippen molar-refractivity contribution in [1.82, 2.24) is 0 Å². The van der Waals surface area contributed by atoms with Crippen LogP contribution in [-0.4, -0.2) is 18.5 Å². The lowest BCUT2D eigenvalue weighted by molar-refractivity contribution is -0.0611. The first-order valence-corrected chi connectivity index (χ1v) is 4.21. The fraction of sp³-hybridized carbons (Fsp3) is 0.778. The third kappa shape index (κ3) is 2.04. The normalized spacial score (nSPS) is 38.6. The lowest BCUT2D eigenvalue weighted by atomic mass is 10.2. The molecule has 3 atom stereocenters. The summed E-state index contributed by atoms with van der Waals surface area (Å²) in [5.74, 6) is 0. The van der Waals surface area contributed by atoms with Gasteiger partial charge in [0.1, 0.15) is 6.10 Å². The van der Waals surface area contributed by atoms with Crippen molar-refractivity contribution in [2.24, 2.45) is 0 Å². The van der Waals surface area contributed by atoms with Crippen LogP contribution in [-0.2, 0) is 9.47 Å². The summed E-state index contributed by atoms with van der Waals surface area (Å²) in [4.78, 5) is 0. The fourth-order valence-electron chi connectivity index (χ4n) is 1.22. The molecule has 0 aromatic rings. The van der Waals surface area contributed by atoms with Crippen LogP contribution < -0.4 is 0 Å². The molecule has 2 heteroatoms. The molecular weight excluding hydrogens is 140 g/mol. The average molecular weight is 156 g/mol. The first-order valence-electron chi connectivity index (χ1n) is 4.21. The van der Waals surface area contributed by atoms with Crippen LogP contribution in [0.15, 0.2) is 12.2 Å². The molecule has 0 aromatic carbocycles. The van der Waals surface area contributed by atoms with Gasteiger partial charge in [0, 0.05) is 0 Å². The highest BCUT2D eigenvalue weighted by Crippen LogP contribution is 2.21. The number of ether oxygens (including phenoxy) is 2. The van der Waals surface area contributed by atoms with Crippen LogP contribution in [0.25, 0.3) is 0 Å². The molecule has 64 valence electrons. The Morgan fingerprint density at radius 3 is 2.55 bits per heavy atom. The Labute approximate surface area is 68.2 Å². The Bertz CT molecular complexity index is 142. The van der Waals surface area contributed by atoms with Crippen LogP contribution in [0.5, 0.6) is 0 Å². The van der Waals surface area contributed by atoms with Crippen molar-refractivity contribution in [2.75, 3.05) is 0 Å². The first kappa shape index (κ1) is 8.75. The second-order valence-electron chi connectivity index (χ2n) is 2.81. The Morgan fingerprint density at radius 2 is 2.09 bits per heavy atom. The van der Waals surface area contributed by atoms with Gasteiger partial charge in [-0.15, -0.1) is 0 Å². The van der Waals surface area contributed by atoms with Crippen LogP contribution in [0.3, 0.4) is 0 Å². The molecule has 11 heavy (non-hydrogen) atoms. The van der Waals surface area contributed by atoms with Crippen LogP contribution in [0.2, 0.25) is 0 Å². The number of hydrogen-bond acceptors (Lipinski definition) is 2. The van der Waals surface area contributed by atoms with E-state index >= 15 is 0 Å². The van der Waals surface area contributed by atoms with Crippen molar-refractivity contribution in [3.05, 3.63) is 12.2 Å². The minimum Gasteiger partial charge on any atom is -0.347 e. The Kier molecular flexibility index (Phi) is 3.09. The van der Waals surface area contributed by atoms with Gasteiger partial charge in [-0.3, -0.25) is 0 Å². The number of hydrogen-bond donors (Lipinski definition) is 0. The molecule has 1 fully saturated rings. The average Bonchev–Trinajstić information content (AvgIpc) is 2.33. The Balaban J connectivity index is 2.44. The summed E-state index contributed by atoms with van der Waals surface area (Å²) in [6.07, 6.45) is 5.34. The van der Waals surface area contributed by atoms with Crippen molar-refractivity contribution < 1.29 is 9.47 Å². The Morgan fingerprint density at radius 1 is 1.36 bits per heavy atom. The molecule has 0 amide bonds. The van der Waals surface area contributed by atoms with Gasteiger partial charge in [0.05, 0.1) is 6.10 Å². The highest BCUT2D eigenvalue weighted by Gasteiger charge is 2.29. The summed E-state index contributed by atoms with van der Waals surface area (Å²) in [6.45, 7) is 6.10. The molecule has 1 rings (SSSR count). The van der Waals surface area contributed by atoms with E-state index in [0.717, 1.165) is 6.42 Å². The minimum atomic E-state index is 0.00574. The highest BCUT2D eigenvalue weighted by atomic mass is 16.7. The van der Waals surface area contributed by atoms with Gasteiger partial charge >= 0.3 is 0 Å². The van der Waals surface area contributed by atoms with Gasteiger partial charge in [0.25, 0.3) is 0 Å². The van der Waals surface area contributed by atoms with Crippen molar-refractivity contribution in [3.8, 4) is 0 Å². The molecule has 0 aromatic heterocycles. The molecule has 2 nitrogen and oxygen atoms in total. The molecule has 1 aliphatic rings. The summed E-state index contributed by atoms with van der Waals surface area (Å²) < 4.78 is 11.1. The monoisotopic (exact) mass is 156 g/mol. The number of rotatable bonds is 2. The predicted molar refractivity (Wildman–Crippen MR) is 44.3 cm³/mol. The van der Waals surface area contributed by atoms with E-state index in [-0.39, 0.29) is 18.5 Å². The third-order valence-electron chi connectivity index (χ3n) is 1.85. The largest absolute Gasteiger partial charge is 0.347 e. The molecule has 0 radical (unpaired) electrons. The van der Waals surface area contributed by atoms with E-state index in [1.165, 1.54) is 0 Å². The van der Waals surface area contributed by atoms with Gasteiger partial charge in [-0.2, -0.15) is 0 Å². The molecule has 0 bridgehead atoms. The van der Waals surface area contributed by atoms with Crippen molar-refractivity contribution in [2.45, 2.75) is 45.7 Å². The van der Waals surface area contributed by atoms with E-state index in [9.17, 15) is 0 Å². The van der Waals surface area contributed by atoms with E-state index in [2.05, 4.69) is 6.92 Å². The maximum absolute atomic E-state index is 5.55. The summed E-state index contributed by atoms with van der Waals surface area (Å²) in [7, 11) is 0. The topological polar surface area (TPSA) is 18.5 Å². The fourth-order valence-corrected chi connectivity index (χ4v) is 1.22. The van der Waals surface area contributed by atoms with E-state index < -0.39 is 0 Å². The zero-order valence-electron chi connectivity index (χ0n) is 7.41. The van der Waals surface area contributed by atoms with Gasteiger partial charge in [0.15, 0.2) is 6.29 Å². The summed E-state index contributed by atoms with van der Waals surface area (Å²) in [6, 6.07) is 0. The number of allylic oxidation sites excluding steroid dienone is 1. The highest BCUT2D eigenvalue weighted by molar-refractivity contribution is 4.93. The standard InChI is InChI=1S/C9H16O2/c1-4-6-8-7(3)10-9(5-2)11-8/h4,6-9H,5H2,1-3H3/b6-4+. The van der Waals surface area contributed by atoms with E-state index in [4.69, 9.17) is 9.47 Å². The van der Waals surface area contributed by atoms with Crippen molar-refractivity contribution >= 4 is 0 Å². The zero-order chi connectivity index (χ0) is 8.27. The van der Waals surface area contributed by atoms with Crippen LogP contribution in [0, 0.1) is 0 Å². The molecular formula is C9H16O2. The quantitative estimate of drug-likeness (QED) is 0.570. The van der Waals surface area contributed by atoms with Gasteiger partial charge in [-0.05, 0) is 20.3 Å². The Hall–Kier alpha value is -0.340. The SMILES string of the molecule is C/C=C/C1OC(CC)OC1C. The van der Waals surface area contributed by atoms with Gasteiger partial charge < -0.3 is 9.47 Å². The van der Waals surface area contributed by atoms with Gasteiger partial charge in [-0.1, -0.05) is 19.1 Å². The minimum absolute atomic E-state index is 0.00574. The van der Waals surface area contributed by atoms with Gasteiger partial charge in [0.2, 0.25) is 0 Å². The van der Waals surface area contributed by atoms with Crippen molar-refractivity contribution in [1.29, 1.82) is 0 Å². The molecule has 1 heterocycles. The summed E-state index contributed by atoms with van der Waals surface area (Å²) in [5, 5.41) is 0. The lowest BCUT2D eigenvalue weighted by Gasteiger charge is -2.05. The smallest absolute Gasteiger partial charge is 0.158 e. The maximum Gasteiger partial charge on any atom is 0.158 e. The molecule has 0 saturated carbocycles. The lowest BCUT2D eigenvalue weighted by Crippen LogP contribution is -2.15. The molecule has 0 aliphatic carbocycles. The maximum atomic E-state index is 5.55. The second kappa shape index (κ2) is 3.88. The predicted octanol–water partition coefficient (Wildman–Crippen LogP) is 2.10. The summed E-state index contributed by atoms with van der Waals surface area (Å²) in [5.41, 5.74) is 0. The summed E-state index contributed by atoms with van der Waals surface area (Å²) >= 11 is 0. The van der Waals surface area contributed by atoms with Gasteiger partial charge in [-0.25, -0.2) is 0 Å². The van der Waals surface area contributed by atoms with E-state index in [1.54, 1.807) is 0 Å². The van der Waals surface area contributed by atoms with Crippen LogP contribution in [0.1, 0.15) is 27.2 Å². The van der Waals surface area contributed by atoms with Crippen LogP contribution in [0.4, 0.5) is 0 Å². The zero-order valence-corrected chi connectivity index (χ0v) is 7.41. The molecule has 0 spiro atoms. The molecule has 3 unspecified atom stereocenters. The third-order valence-corrected chi connectivity index (χ3v) is 1.85. The van der Waals surface area contributed by atoms with E-state index in [0.29, 0.717) is 0 Å². The first-order chi connectivity index (χ1) is 5.27. The van der Waals surface area contributed by atoms with Crippen LogP contribution >= 0.6 is 0 Å². The van der Waals surface area contributed by atoms with E-state index in [1.807, 2.05) is 26.0 Å². The molecule has 1 aliphatic heterocycles. The molecule has 0 N–H and O–H groups in total. The molecule has 1 saturated heterocycles. The van der Waals surface area contributed by atoms with Crippen molar-refractivity contribution in [3.63, 3.8) is 0 Å². The second-order valence-corrected chi connectivity index (χ2v) is 2.81.